The van der Waals surface area contributed by atoms with Crippen molar-refractivity contribution in [3.8, 4) is 0 Å². The van der Waals surface area contributed by atoms with Gasteiger partial charge in [-0.05, 0) is 27.2 Å². The Balaban J connectivity index is 3.88. The Morgan fingerprint density at radius 1 is 1.35 bits per heavy atom. The highest BCUT2D eigenvalue weighted by Gasteiger charge is 2.28. The van der Waals surface area contributed by atoms with Crippen molar-refractivity contribution in [2.24, 2.45) is 0 Å². The van der Waals surface area contributed by atoms with Gasteiger partial charge >= 0.3 is 0 Å². The average Bonchev–Trinajstić information content (AvgIpc) is 2.20. The first kappa shape index (κ1) is 16.8. The fourth-order valence-electron chi connectivity index (χ4n) is 1.14. The molecule has 0 fully saturated rings. The van der Waals surface area contributed by atoms with E-state index in [9.17, 15) is 13.5 Å². The molecular formula is C11H25NO4S. The molecule has 0 saturated carbocycles. The van der Waals surface area contributed by atoms with Crippen molar-refractivity contribution in [1.29, 1.82) is 0 Å². The predicted octanol–water partition coefficient (Wildman–Crippen LogP) is 0.187. The van der Waals surface area contributed by atoms with Gasteiger partial charge in [0.25, 0.3) is 0 Å². The second-order valence-electron chi connectivity index (χ2n) is 5.07. The third-order valence-corrected chi connectivity index (χ3v) is 5.15. The zero-order valence-corrected chi connectivity index (χ0v) is 12.0. The Kier molecular flexibility index (Phi) is 7.23. The zero-order chi connectivity index (χ0) is 13.5. The molecule has 104 valence electrons. The van der Waals surface area contributed by atoms with Crippen LogP contribution in [0.5, 0.6) is 0 Å². The van der Waals surface area contributed by atoms with Gasteiger partial charge in [-0.15, -0.1) is 0 Å². The van der Waals surface area contributed by atoms with Gasteiger partial charge in [0.1, 0.15) is 0 Å². The number of methoxy groups -OCH3 is 1. The Bertz CT molecular complexity index is 295. The minimum Gasteiger partial charge on any atom is -0.392 e. The summed E-state index contributed by atoms with van der Waals surface area (Å²) in [6.07, 6.45) is -0.372. The van der Waals surface area contributed by atoms with Crippen LogP contribution in [0.3, 0.4) is 0 Å². The molecule has 5 nitrogen and oxygen atoms in total. The van der Waals surface area contributed by atoms with E-state index in [-0.39, 0.29) is 12.2 Å². The summed E-state index contributed by atoms with van der Waals surface area (Å²) in [6.45, 7) is 6.64. The molecule has 0 radical (unpaired) electrons. The molecule has 6 heteroatoms. The third kappa shape index (κ3) is 6.98. The lowest BCUT2D eigenvalue weighted by molar-refractivity contribution is 0.157. The van der Waals surface area contributed by atoms with Gasteiger partial charge in [0, 0.05) is 20.2 Å². The molecule has 0 spiro atoms. The van der Waals surface area contributed by atoms with Crippen LogP contribution in [-0.2, 0) is 14.6 Å². The molecule has 0 rings (SSSR count). The number of nitrogens with one attached hydrogen (secondary N) is 1. The van der Waals surface area contributed by atoms with E-state index in [1.807, 2.05) is 0 Å². The van der Waals surface area contributed by atoms with Crippen molar-refractivity contribution < 1.29 is 18.3 Å². The molecule has 0 aromatic carbocycles. The quantitative estimate of drug-likeness (QED) is 0.614. The van der Waals surface area contributed by atoms with Crippen molar-refractivity contribution >= 4 is 9.84 Å². The molecule has 1 unspecified atom stereocenters. The lowest BCUT2D eigenvalue weighted by Crippen LogP contribution is -2.34. The standard InChI is InChI=1S/C11H25NO4S/c1-11(2,3)17(14,15)8-5-10(13)9-12-6-7-16-4/h10,12-13H,5-9H2,1-4H3. The average molecular weight is 267 g/mol. The van der Waals surface area contributed by atoms with Gasteiger partial charge < -0.3 is 15.2 Å². The molecule has 1 atom stereocenters. The number of hydrogen-bond acceptors (Lipinski definition) is 5. The number of ether oxygens (including phenoxy) is 1. The summed E-state index contributed by atoms with van der Waals surface area (Å²) in [6, 6.07) is 0. The van der Waals surface area contributed by atoms with E-state index in [0.717, 1.165) is 0 Å². The van der Waals surface area contributed by atoms with Crippen molar-refractivity contribution in [2.45, 2.75) is 38.0 Å². The summed E-state index contributed by atoms with van der Waals surface area (Å²) >= 11 is 0. The van der Waals surface area contributed by atoms with Gasteiger partial charge in [0.2, 0.25) is 0 Å². The van der Waals surface area contributed by atoms with Gasteiger partial charge in [-0.3, -0.25) is 0 Å². The van der Waals surface area contributed by atoms with Crippen molar-refractivity contribution in [3.05, 3.63) is 0 Å². The number of sulfone groups is 1. The largest absolute Gasteiger partial charge is 0.392 e. The fraction of sp³-hybridized carbons (Fsp3) is 1.00. The summed E-state index contributed by atoms with van der Waals surface area (Å²) in [5.74, 6) is 0.0175. The molecule has 17 heavy (non-hydrogen) atoms. The van der Waals surface area contributed by atoms with E-state index in [2.05, 4.69) is 5.32 Å². The number of hydrogen-bond donors (Lipinski definition) is 2. The van der Waals surface area contributed by atoms with Crippen LogP contribution in [-0.4, -0.2) is 56.9 Å². The van der Waals surface area contributed by atoms with Crippen LogP contribution >= 0.6 is 0 Å². The van der Waals surface area contributed by atoms with E-state index in [1.165, 1.54) is 0 Å². The first-order chi connectivity index (χ1) is 7.70. The van der Waals surface area contributed by atoms with E-state index in [1.54, 1.807) is 27.9 Å². The molecule has 0 aliphatic heterocycles. The van der Waals surface area contributed by atoms with Gasteiger partial charge in [-0.1, -0.05) is 0 Å². The maximum absolute atomic E-state index is 11.8. The highest BCUT2D eigenvalue weighted by atomic mass is 32.2. The highest BCUT2D eigenvalue weighted by Crippen LogP contribution is 2.17. The lowest BCUT2D eigenvalue weighted by atomic mass is 10.2. The molecule has 0 aliphatic carbocycles. The Hall–Kier alpha value is -0.170. The SMILES string of the molecule is COCCNCC(O)CCS(=O)(=O)C(C)(C)C. The maximum Gasteiger partial charge on any atom is 0.155 e. The third-order valence-electron chi connectivity index (χ3n) is 2.52. The summed E-state index contributed by atoms with van der Waals surface area (Å²) < 4.78 is 27.7. The summed E-state index contributed by atoms with van der Waals surface area (Å²) in [5.41, 5.74) is 0. The molecule has 0 aromatic rings. The molecule has 0 heterocycles. The van der Waals surface area contributed by atoms with Crippen molar-refractivity contribution in [3.63, 3.8) is 0 Å². The second kappa shape index (κ2) is 7.31. The van der Waals surface area contributed by atoms with Crippen molar-refractivity contribution in [1.82, 2.24) is 5.32 Å². The van der Waals surface area contributed by atoms with Crippen LogP contribution in [0, 0.1) is 0 Å². The summed E-state index contributed by atoms with van der Waals surface area (Å²) in [4.78, 5) is 0. The van der Waals surface area contributed by atoms with E-state index in [0.29, 0.717) is 19.7 Å². The molecule has 0 saturated heterocycles. The highest BCUT2D eigenvalue weighted by molar-refractivity contribution is 7.92. The van der Waals surface area contributed by atoms with E-state index < -0.39 is 20.7 Å². The van der Waals surface area contributed by atoms with Gasteiger partial charge in [-0.2, -0.15) is 0 Å². The molecule has 0 bridgehead atoms. The Labute approximate surface area is 104 Å². The zero-order valence-electron chi connectivity index (χ0n) is 11.2. The first-order valence-corrected chi connectivity index (χ1v) is 7.46. The van der Waals surface area contributed by atoms with Crippen LogP contribution in [0.15, 0.2) is 0 Å². The van der Waals surface area contributed by atoms with Crippen LogP contribution in [0.1, 0.15) is 27.2 Å². The normalized spacial score (nSPS) is 14.9. The fourth-order valence-corrected chi connectivity index (χ4v) is 2.34. The molecule has 2 N–H and O–H groups in total. The minimum atomic E-state index is -3.14. The van der Waals surface area contributed by atoms with Gasteiger partial charge in [-0.25, -0.2) is 8.42 Å². The molecule has 0 amide bonds. The topological polar surface area (TPSA) is 75.6 Å². The maximum atomic E-state index is 11.8. The Morgan fingerprint density at radius 2 is 1.94 bits per heavy atom. The van der Waals surface area contributed by atoms with Crippen LogP contribution in [0.25, 0.3) is 0 Å². The van der Waals surface area contributed by atoms with Crippen LogP contribution in [0.2, 0.25) is 0 Å². The van der Waals surface area contributed by atoms with E-state index in [4.69, 9.17) is 4.74 Å². The number of aliphatic hydroxyl groups excluding tert-OH is 1. The van der Waals surface area contributed by atoms with Gasteiger partial charge in [0.15, 0.2) is 9.84 Å². The second-order valence-corrected chi connectivity index (χ2v) is 7.93. The van der Waals surface area contributed by atoms with Crippen LogP contribution in [0.4, 0.5) is 0 Å². The van der Waals surface area contributed by atoms with Crippen molar-refractivity contribution in [2.75, 3.05) is 32.6 Å². The van der Waals surface area contributed by atoms with Gasteiger partial charge in [0.05, 0.1) is 23.2 Å². The Morgan fingerprint density at radius 3 is 2.41 bits per heavy atom. The summed E-state index contributed by atoms with van der Waals surface area (Å²) in [5, 5.41) is 12.6. The number of aliphatic hydroxyl groups is 1. The smallest absolute Gasteiger partial charge is 0.155 e. The predicted molar refractivity (Wildman–Crippen MR) is 68.9 cm³/mol. The molecular weight excluding hydrogens is 242 g/mol. The monoisotopic (exact) mass is 267 g/mol. The first-order valence-electron chi connectivity index (χ1n) is 5.80. The lowest BCUT2D eigenvalue weighted by Gasteiger charge is -2.20. The van der Waals surface area contributed by atoms with Crippen LogP contribution < -0.4 is 5.32 Å². The number of rotatable bonds is 8. The molecule has 0 aliphatic rings. The minimum absolute atomic E-state index is 0.0175. The molecule has 0 aromatic heterocycles. The van der Waals surface area contributed by atoms with E-state index >= 15 is 0 Å². The summed E-state index contributed by atoms with van der Waals surface area (Å²) in [7, 11) is -1.54.